The predicted octanol–water partition coefficient (Wildman–Crippen LogP) is 2.98. The number of rotatable bonds is 3. The molecule has 0 spiro atoms. The molecule has 0 heterocycles. The van der Waals surface area contributed by atoms with Gasteiger partial charge in [-0.1, -0.05) is 39.3 Å². The van der Waals surface area contributed by atoms with E-state index in [-0.39, 0.29) is 35.9 Å². The molecule has 32 heavy (non-hydrogen) atoms. The first-order valence-corrected chi connectivity index (χ1v) is 11.8. The van der Waals surface area contributed by atoms with E-state index in [0.29, 0.717) is 12.8 Å². The van der Waals surface area contributed by atoms with Gasteiger partial charge in [0, 0.05) is 23.7 Å². The number of fused-ring (bicyclic) bond motifs is 5. The Morgan fingerprint density at radius 2 is 1.88 bits per heavy atom. The molecule has 0 bridgehead atoms. The van der Waals surface area contributed by atoms with Gasteiger partial charge in [0.1, 0.15) is 6.61 Å². The van der Waals surface area contributed by atoms with Crippen LogP contribution in [0.1, 0.15) is 53.9 Å². The predicted molar refractivity (Wildman–Crippen MR) is 119 cm³/mol. The molecule has 9 atom stereocenters. The van der Waals surface area contributed by atoms with Crippen molar-refractivity contribution in [3.63, 3.8) is 0 Å². The van der Waals surface area contributed by atoms with Crippen LogP contribution in [0.15, 0.2) is 23.8 Å². The number of aliphatic hydroxyl groups is 2. The summed E-state index contributed by atoms with van der Waals surface area (Å²) in [6.07, 6.45) is 5.40. The maximum atomic E-state index is 13.2. The third kappa shape index (κ3) is 2.63. The quantitative estimate of drug-likeness (QED) is 0.492. The van der Waals surface area contributed by atoms with Gasteiger partial charge >= 0.3 is 5.97 Å². The van der Waals surface area contributed by atoms with Crippen molar-refractivity contribution < 1.29 is 29.3 Å². The van der Waals surface area contributed by atoms with Gasteiger partial charge in [-0.3, -0.25) is 14.4 Å². The van der Waals surface area contributed by atoms with Gasteiger partial charge in [-0.25, -0.2) is 0 Å². The fourth-order valence-corrected chi connectivity index (χ4v) is 8.62. The van der Waals surface area contributed by atoms with Crippen LogP contribution in [0.25, 0.3) is 0 Å². The van der Waals surface area contributed by atoms with Crippen molar-refractivity contribution in [3.05, 3.63) is 23.8 Å². The first-order chi connectivity index (χ1) is 14.8. The SMILES string of the molecule is CC(=O)O[C@]1(C(=O)CO)C(C)C[C@H]2[C@@H]3CC(C)C4=CC(=O)C=C[C@]4(C)[C@@]3(Cl)C(O)C[C@@]21C. The first kappa shape index (κ1) is 23.7. The summed E-state index contributed by atoms with van der Waals surface area (Å²) < 4.78 is 5.80. The number of ether oxygens (including phenoxy) is 1. The van der Waals surface area contributed by atoms with Gasteiger partial charge in [0.15, 0.2) is 11.4 Å². The summed E-state index contributed by atoms with van der Waals surface area (Å²) in [4.78, 5) is 36.4. The van der Waals surface area contributed by atoms with E-state index in [1.807, 2.05) is 26.8 Å². The lowest BCUT2D eigenvalue weighted by Crippen LogP contribution is -2.70. The molecule has 4 aliphatic carbocycles. The molecular weight excluding hydrogens is 432 g/mol. The van der Waals surface area contributed by atoms with E-state index in [2.05, 4.69) is 6.92 Å². The first-order valence-electron chi connectivity index (χ1n) is 11.5. The number of halogens is 1. The van der Waals surface area contributed by atoms with Crippen LogP contribution in [0.3, 0.4) is 0 Å². The lowest BCUT2D eigenvalue weighted by molar-refractivity contribution is -0.202. The van der Waals surface area contributed by atoms with Gasteiger partial charge in [0.05, 0.1) is 11.0 Å². The van der Waals surface area contributed by atoms with Crippen molar-refractivity contribution in [2.24, 2.45) is 34.5 Å². The number of ketones is 2. The number of Topliss-reactive ketones (excluding diaryl/α,β-unsaturated/α-hetero) is 1. The molecular formula is C25H33ClO6. The van der Waals surface area contributed by atoms with Gasteiger partial charge in [-0.05, 0) is 49.2 Å². The number of carbonyl (C=O) groups is 3. The summed E-state index contributed by atoms with van der Waals surface area (Å²) in [5.74, 6) is -1.75. The third-order valence-electron chi connectivity index (χ3n) is 9.37. The Balaban J connectivity index is 1.89. The normalized spacial score (nSPS) is 49.6. The molecule has 0 aromatic heterocycles. The molecule has 0 amide bonds. The van der Waals surface area contributed by atoms with Crippen molar-refractivity contribution in [3.8, 4) is 0 Å². The van der Waals surface area contributed by atoms with Gasteiger partial charge < -0.3 is 14.9 Å². The Bertz CT molecular complexity index is 941. The summed E-state index contributed by atoms with van der Waals surface area (Å²) in [6, 6.07) is 0. The molecule has 0 aliphatic heterocycles. The Morgan fingerprint density at radius 1 is 1.22 bits per heavy atom. The Hall–Kier alpha value is -1.50. The number of esters is 1. The molecule has 0 aromatic rings. The van der Waals surface area contributed by atoms with Crippen molar-refractivity contribution in [2.45, 2.75) is 70.5 Å². The minimum Gasteiger partial charge on any atom is -0.450 e. The molecule has 0 saturated heterocycles. The van der Waals surface area contributed by atoms with Gasteiger partial charge in [0.2, 0.25) is 5.78 Å². The number of alkyl halides is 1. The summed E-state index contributed by atoms with van der Waals surface area (Å²) in [7, 11) is 0. The van der Waals surface area contributed by atoms with E-state index in [1.54, 1.807) is 6.08 Å². The molecule has 176 valence electrons. The van der Waals surface area contributed by atoms with Crippen molar-refractivity contribution in [1.29, 1.82) is 0 Å². The lowest BCUT2D eigenvalue weighted by atomic mass is 9.44. The van der Waals surface area contributed by atoms with Crippen LogP contribution in [-0.4, -0.2) is 50.9 Å². The van der Waals surface area contributed by atoms with Crippen LogP contribution in [0.4, 0.5) is 0 Å². The van der Waals surface area contributed by atoms with Crippen molar-refractivity contribution in [1.82, 2.24) is 0 Å². The lowest BCUT2D eigenvalue weighted by Gasteiger charge is -2.65. The highest BCUT2D eigenvalue weighted by Crippen LogP contribution is 2.72. The largest absolute Gasteiger partial charge is 0.450 e. The topological polar surface area (TPSA) is 101 Å². The second kappa shape index (κ2) is 7.25. The standard InChI is InChI=1S/C25H33ClO6/c1-13-8-19-18-9-14(2)25(21(31)12-27,32-15(3)28)23(18,5)11-20(30)24(19,26)22(4)7-6-16(29)10-17(13)22/h6-7,10,13-14,18-20,27,30H,8-9,11-12H2,1-5H3/t13?,14?,18-,19-,20?,22-,23-,24-,25-/m0/s1. The number of hydrogen-bond acceptors (Lipinski definition) is 6. The van der Waals surface area contributed by atoms with Gasteiger partial charge in [-0.15, -0.1) is 11.6 Å². The summed E-state index contributed by atoms with van der Waals surface area (Å²) in [6.45, 7) is 8.36. The van der Waals surface area contributed by atoms with Crippen LogP contribution in [0.5, 0.6) is 0 Å². The number of allylic oxidation sites excluding steroid dienone is 4. The van der Waals surface area contributed by atoms with Crippen molar-refractivity contribution >= 4 is 29.1 Å². The maximum absolute atomic E-state index is 13.2. The summed E-state index contributed by atoms with van der Waals surface area (Å²) in [5.41, 5.74) is -2.19. The molecule has 2 N–H and O–H groups in total. The van der Waals surface area contributed by atoms with Crippen LogP contribution >= 0.6 is 11.6 Å². The number of hydrogen-bond donors (Lipinski definition) is 2. The zero-order chi connectivity index (χ0) is 23.9. The van der Waals surface area contributed by atoms with Gasteiger partial charge in [-0.2, -0.15) is 0 Å². The third-order valence-corrected chi connectivity index (χ3v) is 10.3. The fourth-order valence-electron chi connectivity index (χ4n) is 8.13. The summed E-state index contributed by atoms with van der Waals surface area (Å²) >= 11 is 7.45. The smallest absolute Gasteiger partial charge is 0.303 e. The zero-order valence-corrected chi connectivity index (χ0v) is 20.1. The molecule has 4 aliphatic rings. The Labute approximate surface area is 194 Å². The molecule has 3 fully saturated rings. The van der Waals surface area contributed by atoms with Crippen LogP contribution in [-0.2, 0) is 19.1 Å². The Morgan fingerprint density at radius 3 is 2.47 bits per heavy atom. The monoisotopic (exact) mass is 464 g/mol. The number of carbonyl (C=O) groups excluding carboxylic acids is 3. The zero-order valence-electron chi connectivity index (χ0n) is 19.4. The van der Waals surface area contributed by atoms with Crippen molar-refractivity contribution in [2.75, 3.05) is 6.61 Å². The highest BCUT2D eigenvalue weighted by atomic mass is 35.5. The molecule has 3 unspecified atom stereocenters. The van der Waals surface area contributed by atoms with Gasteiger partial charge in [0.25, 0.3) is 0 Å². The van der Waals surface area contributed by atoms with E-state index in [0.717, 1.165) is 5.57 Å². The van der Waals surface area contributed by atoms with E-state index in [4.69, 9.17) is 16.3 Å². The highest BCUT2D eigenvalue weighted by molar-refractivity contribution is 6.26. The molecule has 0 aromatic carbocycles. The van der Waals surface area contributed by atoms with E-state index in [1.165, 1.54) is 13.0 Å². The van der Waals surface area contributed by atoms with Crippen LogP contribution in [0, 0.1) is 34.5 Å². The average Bonchev–Trinajstić information content (AvgIpc) is 2.92. The molecule has 0 radical (unpaired) electrons. The average molecular weight is 465 g/mol. The highest BCUT2D eigenvalue weighted by Gasteiger charge is 2.76. The minimum absolute atomic E-state index is 0.0629. The van der Waals surface area contributed by atoms with E-state index in [9.17, 15) is 24.6 Å². The minimum atomic E-state index is -1.52. The molecule has 6 nitrogen and oxygen atoms in total. The fraction of sp³-hybridized carbons (Fsp3) is 0.720. The van der Waals surface area contributed by atoms with Crippen LogP contribution < -0.4 is 0 Å². The second-order valence-corrected chi connectivity index (χ2v) is 11.5. The van der Waals surface area contributed by atoms with E-state index < -0.39 is 45.8 Å². The Kier molecular flexibility index (Phi) is 5.36. The second-order valence-electron chi connectivity index (χ2n) is 10.8. The molecule has 7 heteroatoms. The van der Waals surface area contributed by atoms with Crippen LogP contribution in [0.2, 0.25) is 0 Å². The summed E-state index contributed by atoms with van der Waals surface area (Å²) in [5, 5.41) is 21.5. The molecule has 3 saturated carbocycles. The molecule has 4 rings (SSSR count). The maximum Gasteiger partial charge on any atom is 0.303 e. The van der Waals surface area contributed by atoms with E-state index >= 15 is 0 Å². The number of aliphatic hydroxyl groups excluding tert-OH is 2.